The minimum atomic E-state index is -0.0944. The van der Waals surface area contributed by atoms with Crippen LogP contribution < -0.4 is 10.2 Å². The molecule has 1 fully saturated rings. The fourth-order valence-electron chi connectivity index (χ4n) is 4.58. The van der Waals surface area contributed by atoms with Crippen LogP contribution in [0.5, 0.6) is 0 Å². The number of ether oxygens (including phenoxy) is 1. The summed E-state index contributed by atoms with van der Waals surface area (Å²) in [4.78, 5) is 27.3. The van der Waals surface area contributed by atoms with Gasteiger partial charge in [-0.1, -0.05) is 18.2 Å². The van der Waals surface area contributed by atoms with Gasteiger partial charge in [-0.3, -0.25) is 4.79 Å². The minimum Gasteiger partial charge on any atom is -0.372 e. The van der Waals surface area contributed by atoms with E-state index in [1.807, 2.05) is 35.9 Å². The molecule has 2 unspecified atom stereocenters. The van der Waals surface area contributed by atoms with Gasteiger partial charge in [-0.05, 0) is 26.8 Å². The second kappa shape index (κ2) is 8.23. The van der Waals surface area contributed by atoms with Crippen molar-refractivity contribution in [2.24, 2.45) is 0 Å². The van der Waals surface area contributed by atoms with Crippen LogP contribution in [0.15, 0.2) is 36.8 Å². The number of H-pyrrole nitrogens is 1. The highest BCUT2D eigenvalue weighted by Crippen LogP contribution is 2.26. The number of nitrogens with zero attached hydrogens (tertiary/aromatic N) is 5. The van der Waals surface area contributed by atoms with Gasteiger partial charge in [0.1, 0.15) is 12.1 Å². The van der Waals surface area contributed by atoms with Crippen LogP contribution in [0, 0.1) is 6.92 Å². The van der Waals surface area contributed by atoms with Crippen molar-refractivity contribution < 1.29 is 9.53 Å². The Morgan fingerprint density at radius 2 is 1.97 bits per heavy atom. The molecule has 0 radical (unpaired) electrons. The number of nitrogens with one attached hydrogen (secondary N) is 2. The van der Waals surface area contributed by atoms with E-state index in [4.69, 9.17) is 4.74 Å². The topological polar surface area (TPSA) is 101 Å². The quantitative estimate of drug-likeness (QED) is 0.502. The van der Waals surface area contributed by atoms with E-state index in [2.05, 4.69) is 44.1 Å². The molecular weight excluding hydrogens is 406 g/mol. The van der Waals surface area contributed by atoms with Crippen LogP contribution in [0.2, 0.25) is 0 Å². The molecule has 4 heterocycles. The summed E-state index contributed by atoms with van der Waals surface area (Å²) in [6.45, 7) is 8.58. The number of hydrogen-bond donors (Lipinski definition) is 2. The molecule has 1 aliphatic rings. The molecule has 0 bridgehead atoms. The van der Waals surface area contributed by atoms with Gasteiger partial charge < -0.3 is 19.9 Å². The summed E-state index contributed by atoms with van der Waals surface area (Å²) in [6, 6.07) is 7.83. The zero-order valence-electron chi connectivity index (χ0n) is 18.5. The molecule has 3 aromatic heterocycles. The number of aryl methyl sites for hydroxylation is 1. The van der Waals surface area contributed by atoms with E-state index in [1.165, 1.54) is 0 Å². The number of aromatic amines is 1. The van der Waals surface area contributed by atoms with E-state index in [1.54, 1.807) is 12.5 Å². The van der Waals surface area contributed by atoms with Gasteiger partial charge in [-0.2, -0.15) is 5.10 Å². The minimum absolute atomic E-state index is 0.0944. The fourth-order valence-corrected chi connectivity index (χ4v) is 4.58. The van der Waals surface area contributed by atoms with Crippen molar-refractivity contribution in [2.75, 3.05) is 24.5 Å². The predicted octanol–water partition coefficient (Wildman–Crippen LogP) is 2.66. The Balaban J connectivity index is 1.31. The van der Waals surface area contributed by atoms with E-state index in [0.717, 1.165) is 46.5 Å². The lowest BCUT2D eigenvalue weighted by Gasteiger charge is -2.36. The zero-order valence-corrected chi connectivity index (χ0v) is 18.5. The highest BCUT2D eigenvalue weighted by atomic mass is 16.5. The zero-order chi connectivity index (χ0) is 22.2. The highest BCUT2D eigenvalue weighted by Gasteiger charge is 2.25. The van der Waals surface area contributed by atoms with Crippen LogP contribution in [0.1, 0.15) is 29.9 Å². The van der Waals surface area contributed by atoms with Gasteiger partial charge in [-0.15, -0.1) is 0 Å². The Morgan fingerprint density at radius 3 is 2.78 bits per heavy atom. The van der Waals surface area contributed by atoms with Crippen molar-refractivity contribution in [3.05, 3.63) is 48.0 Å². The van der Waals surface area contributed by atoms with Gasteiger partial charge in [-0.25, -0.2) is 14.6 Å². The molecule has 32 heavy (non-hydrogen) atoms. The van der Waals surface area contributed by atoms with Crippen LogP contribution in [0.25, 0.3) is 21.9 Å². The second-order valence-corrected chi connectivity index (χ2v) is 8.39. The Labute approximate surface area is 185 Å². The third kappa shape index (κ3) is 3.69. The number of rotatable bonds is 5. The van der Waals surface area contributed by atoms with E-state index >= 15 is 0 Å². The van der Waals surface area contributed by atoms with Crippen molar-refractivity contribution >= 4 is 33.7 Å². The maximum absolute atomic E-state index is 12.8. The first kappa shape index (κ1) is 20.4. The lowest BCUT2D eigenvalue weighted by Crippen LogP contribution is -2.45. The second-order valence-electron chi connectivity index (χ2n) is 8.39. The number of benzene rings is 1. The average molecular weight is 434 g/mol. The van der Waals surface area contributed by atoms with Crippen LogP contribution >= 0.6 is 0 Å². The number of anilines is 1. The van der Waals surface area contributed by atoms with Crippen LogP contribution in [0.3, 0.4) is 0 Å². The van der Waals surface area contributed by atoms with Gasteiger partial charge in [0.25, 0.3) is 5.91 Å². The molecule has 1 saturated heterocycles. The largest absolute Gasteiger partial charge is 0.372 e. The highest BCUT2D eigenvalue weighted by molar-refractivity contribution is 6.08. The molecule has 9 heteroatoms. The Hall–Kier alpha value is -3.46. The van der Waals surface area contributed by atoms with Crippen molar-refractivity contribution in [1.82, 2.24) is 30.0 Å². The standard InChI is InChI=1S/C23H27N7O2/c1-14-11-29(12-15(2)32-14)21-18-10-27-30(22(18)26-13-25-21)9-8-24-23(31)20-16(3)28-19-7-5-4-6-17(19)20/h4-7,10,13-15,28H,8-9,11-12H2,1-3H3,(H,24,31). The molecule has 5 rings (SSSR count). The molecule has 0 saturated carbocycles. The third-order valence-corrected chi connectivity index (χ3v) is 5.86. The number of carbonyl (C=O) groups excluding carboxylic acids is 1. The maximum Gasteiger partial charge on any atom is 0.253 e. The molecule has 0 spiro atoms. The summed E-state index contributed by atoms with van der Waals surface area (Å²) in [5, 5.41) is 9.37. The first-order chi connectivity index (χ1) is 15.5. The predicted molar refractivity (Wildman–Crippen MR) is 123 cm³/mol. The monoisotopic (exact) mass is 433 g/mol. The molecule has 9 nitrogen and oxygen atoms in total. The molecule has 166 valence electrons. The molecule has 1 aliphatic heterocycles. The Kier molecular flexibility index (Phi) is 5.26. The van der Waals surface area contributed by atoms with Crippen molar-refractivity contribution in [3.8, 4) is 0 Å². The average Bonchev–Trinajstić information content (AvgIpc) is 3.33. The number of para-hydroxylation sites is 1. The number of hydrogen-bond acceptors (Lipinski definition) is 6. The van der Waals surface area contributed by atoms with Crippen LogP contribution in [-0.2, 0) is 11.3 Å². The molecule has 1 aromatic carbocycles. The number of carbonyl (C=O) groups is 1. The summed E-state index contributed by atoms with van der Waals surface area (Å²) in [5.41, 5.74) is 3.27. The smallest absolute Gasteiger partial charge is 0.253 e. The number of aromatic nitrogens is 5. The van der Waals surface area contributed by atoms with E-state index in [9.17, 15) is 4.79 Å². The Bertz CT molecular complexity index is 1270. The summed E-state index contributed by atoms with van der Waals surface area (Å²) in [6.07, 6.45) is 3.67. The summed E-state index contributed by atoms with van der Waals surface area (Å²) in [5.74, 6) is 0.782. The van der Waals surface area contributed by atoms with Gasteiger partial charge in [0.15, 0.2) is 5.65 Å². The van der Waals surface area contributed by atoms with Crippen molar-refractivity contribution in [2.45, 2.75) is 39.5 Å². The van der Waals surface area contributed by atoms with Gasteiger partial charge in [0.2, 0.25) is 0 Å². The summed E-state index contributed by atoms with van der Waals surface area (Å²) >= 11 is 0. The third-order valence-electron chi connectivity index (χ3n) is 5.86. The van der Waals surface area contributed by atoms with Gasteiger partial charge >= 0.3 is 0 Å². The van der Waals surface area contributed by atoms with Gasteiger partial charge in [0, 0.05) is 36.2 Å². The summed E-state index contributed by atoms with van der Waals surface area (Å²) in [7, 11) is 0. The van der Waals surface area contributed by atoms with E-state index in [0.29, 0.717) is 18.7 Å². The fraction of sp³-hybridized carbons (Fsp3) is 0.391. The maximum atomic E-state index is 12.8. The number of fused-ring (bicyclic) bond motifs is 2. The molecular formula is C23H27N7O2. The molecule has 4 aromatic rings. The number of morpholine rings is 1. The van der Waals surface area contributed by atoms with Crippen LogP contribution in [-0.4, -0.2) is 62.5 Å². The first-order valence-corrected chi connectivity index (χ1v) is 10.9. The normalized spacial score (nSPS) is 19.0. The lowest BCUT2D eigenvalue weighted by molar-refractivity contribution is -0.00537. The molecule has 2 atom stereocenters. The molecule has 0 aliphatic carbocycles. The first-order valence-electron chi connectivity index (χ1n) is 10.9. The lowest BCUT2D eigenvalue weighted by atomic mass is 10.1. The summed E-state index contributed by atoms with van der Waals surface area (Å²) < 4.78 is 7.66. The Morgan fingerprint density at radius 1 is 1.19 bits per heavy atom. The van der Waals surface area contributed by atoms with E-state index < -0.39 is 0 Å². The number of amides is 1. The van der Waals surface area contributed by atoms with Crippen LogP contribution in [0.4, 0.5) is 5.82 Å². The molecule has 2 N–H and O–H groups in total. The van der Waals surface area contributed by atoms with Crippen molar-refractivity contribution in [1.29, 1.82) is 0 Å². The van der Waals surface area contributed by atoms with Crippen molar-refractivity contribution in [3.63, 3.8) is 0 Å². The van der Waals surface area contributed by atoms with E-state index in [-0.39, 0.29) is 18.1 Å². The molecule has 1 amide bonds. The van der Waals surface area contributed by atoms with Gasteiger partial charge in [0.05, 0.1) is 35.9 Å². The SMILES string of the molecule is Cc1[nH]c2ccccc2c1C(=O)NCCn1ncc2c(N3CC(C)OC(C)C3)ncnc21.